The first kappa shape index (κ1) is 29.8. The number of aromatic carboxylic acids is 1. The molecular formula is C29H28FN5O7S. The van der Waals surface area contributed by atoms with Gasteiger partial charge in [0, 0.05) is 27.8 Å². The van der Waals surface area contributed by atoms with Crippen LogP contribution in [0, 0.1) is 11.2 Å². The van der Waals surface area contributed by atoms with Crippen molar-refractivity contribution >= 4 is 40.9 Å². The smallest absolute Gasteiger partial charge is 0.338 e. The fourth-order valence-electron chi connectivity index (χ4n) is 4.99. The van der Waals surface area contributed by atoms with Crippen molar-refractivity contribution in [2.45, 2.75) is 24.8 Å². The number of carbonyl (C=O) groups excluding carboxylic acids is 3. The highest BCUT2D eigenvalue weighted by Crippen LogP contribution is 2.35. The molecule has 0 bridgehead atoms. The number of halogens is 1. The van der Waals surface area contributed by atoms with Crippen molar-refractivity contribution in [2.24, 2.45) is 5.73 Å². The number of carboxylic acids is 1. The molecule has 1 unspecified atom stereocenters. The molecule has 12 nitrogen and oxygen atoms in total. The summed E-state index contributed by atoms with van der Waals surface area (Å²) in [7, 11) is 0. The number of carbonyl (C=O) groups is 4. The van der Waals surface area contributed by atoms with E-state index in [2.05, 4.69) is 10.6 Å². The Morgan fingerprint density at radius 1 is 1.05 bits per heavy atom. The zero-order chi connectivity index (χ0) is 30.7. The van der Waals surface area contributed by atoms with E-state index >= 15 is 0 Å². The molecule has 0 saturated carbocycles. The Hall–Kier alpha value is -4.66. The predicted octanol–water partition coefficient (Wildman–Crippen LogP) is 1.93. The fraction of sp³-hybridized carbons (Fsp3) is 0.276. The lowest BCUT2D eigenvalue weighted by atomic mass is 10.0. The van der Waals surface area contributed by atoms with E-state index in [-0.39, 0.29) is 37.5 Å². The van der Waals surface area contributed by atoms with Crippen LogP contribution in [-0.4, -0.2) is 77.7 Å². The van der Waals surface area contributed by atoms with Crippen LogP contribution in [0.15, 0.2) is 53.9 Å². The van der Waals surface area contributed by atoms with Gasteiger partial charge in [-0.15, -0.1) is 11.3 Å². The average molecular weight is 610 g/mol. The number of amides is 3. The van der Waals surface area contributed by atoms with Crippen molar-refractivity contribution in [1.29, 1.82) is 5.41 Å². The summed E-state index contributed by atoms with van der Waals surface area (Å²) in [5.41, 5.74) is 6.88. The molecule has 2 aliphatic rings. The first-order valence-corrected chi connectivity index (χ1v) is 14.1. The molecule has 224 valence electrons. The third kappa shape index (κ3) is 6.56. The maximum absolute atomic E-state index is 13.7. The number of hydrogen-bond donors (Lipinski definition) is 5. The second kappa shape index (κ2) is 12.3. The first-order chi connectivity index (χ1) is 20.5. The second-order valence-corrected chi connectivity index (χ2v) is 11.0. The highest BCUT2D eigenvalue weighted by atomic mass is 32.1. The van der Waals surface area contributed by atoms with E-state index in [0.717, 1.165) is 10.9 Å². The van der Waals surface area contributed by atoms with Gasteiger partial charge in [-0.25, -0.2) is 9.18 Å². The lowest BCUT2D eigenvalue weighted by Gasteiger charge is -2.24. The van der Waals surface area contributed by atoms with Crippen molar-refractivity contribution in [3.63, 3.8) is 0 Å². The largest absolute Gasteiger partial charge is 0.478 e. The number of thiophene rings is 1. The molecule has 3 aromatic rings. The third-order valence-electron chi connectivity index (χ3n) is 7.21. The highest BCUT2D eigenvalue weighted by molar-refractivity contribution is 7.10. The van der Waals surface area contributed by atoms with Gasteiger partial charge in [-0.05, 0) is 41.5 Å². The summed E-state index contributed by atoms with van der Waals surface area (Å²) in [6.45, 7) is 0.501. The molecular weight excluding hydrogens is 581 g/mol. The zero-order valence-electron chi connectivity index (χ0n) is 22.7. The van der Waals surface area contributed by atoms with Gasteiger partial charge in [-0.3, -0.25) is 19.8 Å². The maximum atomic E-state index is 13.7. The topological polar surface area (TPSA) is 184 Å². The van der Waals surface area contributed by atoms with Crippen molar-refractivity contribution in [3.8, 4) is 11.1 Å². The van der Waals surface area contributed by atoms with Gasteiger partial charge >= 0.3 is 5.97 Å². The Labute approximate surface area is 249 Å². The fourth-order valence-corrected chi connectivity index (χ4v) is 5.81. The SMILES string of the molecule is N=C(N)c1csc(CNC(=O)C2CC3(CN2C(=O)CNC(=O)c2ccc(-c4ccc(F)c(C(=O)O)c4)cc2)OCCO3)c1. The number of amidine groups is 1. The van der Waals surface area contributed by atoms with Gasteiger partial charge in [0.15, 0.2) is 5.79 Å². The van der Waals surface area contributed by atoms with Crippen molar-refractivity contribution < 1.29 is 38.1 Å². The van der Waals surface area contributed by atoms with Crippen LogP contribution in [0.3, 0.4) is 0 Å². The van der Waals surface area contributed by atoms with E-state index in [9.17, 15) is 23.6 Å². The van der Waals surface area contributed by atoms with Crippen LogP contribution >= 0.6 is 11.3 Å². The maximum Gasteiger partial charge on any atom is 0.338 e. The summed E-state index contributed by atoms with van der Waals surface area (Å²) in [6, 6.07) is 10.7. The molecule has 3 heterocycles. The van der Waals surface area contributed by atoms with Crippen LogP contribution in [-0.2, 0) is 25.6 Å². The minimum atomic E-state index is -1.39. The number of nitrogen functional groups attached to an aromatic ring is 1. The van der Waals surface area contributed by atoms with E-state index in [4.69, 9.17) is 25.7 Å². The number of rotatable bonds is 9. The minimum absolute atomic E-state index is 0.0258. The van der Waals surface area contributed by atoms with Gasteiger partial charge in [-0.1, -0.05) is 18.2 Å². The monoisotopic (exact) mass is 609 g/mol. The molecule has 2 aromatic carbocycles. The van der Waals surface area contributed by atoms with E-state index in [1.807, 2.05) is 0 Å². The van der Waals surface area contributed by atoms with Crippen molar-refractivity contribution in [3.05, 3.63) is 81.3 Å². The number of carboxylic acid groups (broad SMARTS) is 1. The Balaban J connectivity index is 1.21. The lowest BCUT2D eigenvalue weighted by Crippen LogP contribution is -2.49. The molecule has 14 heteroatoms. The number of nitrogens with two attached hydrogens (primary N) is 1. The number of likely N-dealkylation sites (tertiary alicyclic amines) is 1. The summed E-state index contributed by atoms with van der Waals surface area (Å²) in [5.74, 6) is -4.84. The molecule has 0 aliphatic carbocycles. The highest BCUT2D eigenvalue weighted by Gasteiger charge is 2.52. The number of benzene rings is 2. The molecule has 2 fully saturated rings. The molecule has 2 saturated heterocycles. The summed E-state index contributed by atoms with van der Waals surface area (Å²) in [5, 5.41) is 23.8. The molecule has 0 radical (unpaired) electrons. The Bertz CT molecular complexity index is 1590. The quantitative estimate of drug-likeness (QED) is 0.180. The van der Waals surface area contributed by atoms with Crippen molar-refractivity contribution in [2.75, 3.05) is 26.3 Å². The van der Waals surface area contributed by atoms with Gasteiger partial charge in [-0.2, -0.15) is 0 Å². The van der Waals surface area contributed by atoms with E-state index in [1.165, 1.54) is 40.5 Å². The molecule has 6 N–H and O–H groups in total. The molecule has 1 spiro atoms. The Kier molecular flexibility index (Phi) is 8.52. The van der Waals surface area contributed by atoms with Gasteiger partial charge in [0.2, 0.25) is 11.8 Å². The van der Waals surface area contributed by atoms with E-state index in [1.54, 1.807) is 23.6 Å². The van der Waals surface area contributed by atoms with Crippen LogP contribution in [0.5, 0.6) is 0 Å². The standard InChI is InChI=1S/C29H28FN5O7S/c30-22-6-5-18(10-21(22)28(39)40)16-1-3-17(4-2-16)26(37)34-13-24(36)35-15-29(41-7-8-42-29)11-23(35)27(38)33-12-20-9-19(14-43-20)25(31)32/h1-6,9-10,14,23H,7-8,11-13,15H2,(H3,31,32)(H,33,38)(H,34,37)(H,39,40). The summed E-state index contributed by atoms with van der Waals surface area (Å²) in [6.07, 6.45) is 0.135. The van der Waals surface area contributed by atoms with Crippen LogP contribution in [0.2, 0.25) is 0 Å². The number of nitrogens with one attached hydrogen (secondary N) is 3. The summed E-state index contributed by atoms with van der Waals surface area (Å²) < 4.78 is 25.2. The van der Waals surface area contributed by atoms with Gasteiger partial charge in [0.25, 0.3) is 5.91 Å². The van der Waals surface area contributed by atoms with Crippen LogP contribution < -0.4 is 16.4 Å². The van der Waals surface area contributed by atoms with Crippen molar-refractivity contribution in [1.82, 2.24) is 15.5 Å². The van der Waals surface area contributed by atoms with Gasteiger partial charge in [0.05, 0.1) is 38.4 Å². The molecule has 1 aromatic heterocycles. The molecule has 43 heavy (non-hydrogen) atoms. The predicted molar refractivity (Wildman–Crippen MR) is 153 cm³/mol. The minimum Gasteiger partial charge on any atom is -0.478 e. The number of nitrogens with zero attached hydrogens (tertiary/aromatic N) is 1. The van der Waals surface area contributed by atoms with Crippen LogP contribution in [0.4, 0.5) is 4.39 Å². The van der Waals surface area contributed by atoms with Gasteiger partial charge in [0.1, 0.15) is 17.7 Å². The summed E-state index contributed by atoms with van der Waals surface area (Å²) in [4.78, 5) is 52.6. The molecule has 3 amide bonds. The Morgan fingerprint density at radius 3 is 2.40 bits per heavy atom. The Morgan fingerprint density at radius 2 is 1.74 bits per heavy atom. The number of hydrogen-bond acceptors (Lipinski definition) is 8. The first-order valence-electron chi connectivity index (χ1n) is 13.2. The summed E-state index contributed by atoms with van der Waals surface area (Å²) >= 11 is 1.35. The average Bonchev–Trinajstić information content (AvgIpc) is 3.75. The van der Waals surface area contributed by atoms with Gasteiger partial charge < -0.3 is 35.8 Å². The van der Waals surface area contributed by atoms with Crippen LogP contribution in [0.25, 0.3) is 11.1 Å². The van der Waals surface area contributed by atoms with Crippen LogP contribution in [0.1, 0.15) is 37.6 Å². The molecule has 5 rings (SSSR count). The molecule has 1 atom stereocenters. The van der Waals surface area contributed by atoms with E-state index in [0.29, 0.717) is 29.9 Å². The zero-order valence-corrected chi connectivity index (χ0v) is 23.5. The normalized spacial score (nSPS) is 17.1. The lowest BCUT2D eigenvalue weighted by molar-refractivity contribution is -0.152. The molecule has 2 aliphatic heterocycles. The second-order valence-electron chi connectivity index (χ2n) is 10.0. The number of ether oxygens (including phenoxy) is 2. The third-order valence-corrected chi connectivity index (χ3v) is 8.14. The van der Waals surface area contributed by atoms with E-state index < -0.39 is 46.9 Å².